The Hall–Kier alpha value is -3.39. The Morgan fingerprint density at radius 1 is 1.09 bits per heavy atom. The summed E-state index contributed by atoms with van der Waals surface area (Å²) in [5.74, 6) is -0.293. The van der Waals surface area contributed by atoms with Gasteiger partial charge in [0, 0.05) is 5.56 Å². The molecule has 6 nitrogen and oxygen atoms in total. The zero-order chi connectivity index (χ0) is 22.9. The second kappa shape index (κ2) is 8.63. The lowest BCUT2D eigenvalue weighted by Crippen LogP contribution is -2.28. The minimum absolute atomic E-state index is 0.0444. The molecule has 3 aromatic rings. The monoisotopic (exact) mass is 454 g/mol. The largest absolute Gasteiger partial charge is 0.495 e. The van der Waals surface area contributed by atoms with Gasteiger partial charge in [-0.3, -0.25) is 9.52 Å². The number of carbonyl (C=O) groups is 1. The maximum absolute atomic E-state index is 14.0. The fourth-order valence-corrected chi connectivity index (χ4v) is 5.04. The number of para-hydroxylation sites is 2. The van der Waals surface area contributed by atoms with Gasteiger partial charge in [-0.1, -0.05) is 30.3 Å². The highest BCUT2D eigenvalue weighted by Gasteiger charge is 2.27. The molecule has 1 atom stereocenters. The highest BCUT2D eigenvalue weighted by molar-refractivity contribution is 7.92. The molecule has 0 unspecified atom stereocenters. The van der Waals surface area contributed by atoms with Crippen molar-refractivity contribution in [2.24, 2.45) is 0 Å². The first-order chi connectivity index (χ1) is 15.3. The lowest BCUT2D eigenvalue weighted by atomic mass is 10.1. The number of amides is 1. The number of halogens is 1. The first-order valence-electron chi connectivity index (χ1n) is 10.1. The van der Waals surface area contributed by atoms with Crippen molar-refractivity contribution in [2.45, 2.75) is 30.7 Å². The van der Waals surface area contributed by atoms with E-state index in [2.05, 4.69) is 10.0 Å². The molecule has 0 heterocycles. The maximum atomic E-state index is 14.0. The van der Waals surface area contributed by atoms with Gasteiger partial charge in [0.25, 0.3) is 15.9 Å². The molecule has 166 valence electrons. The Morgan fingerprint density at radius 3 is 2.66 bits per heavy atom. The molecule has 1 aliphatic rings. The van der Waals surface area contributed by atoms with E-state index in [1.807, 2.05) is 0 Å². The predicted octanol–water partition coefficient (Wildman–Crippen LogP) is 4.36. The van der Waals surface area contributed by atoms with Crippen LogP contribution in [0.4, 0.5) is 10.1 Å². The van der Waals surface area contributed by atoms with E-state index in [1.165, 1.54) is 25.3 Å². The van der Waals surface area contributed by atoms with Gasteiger partial charge in [-0.15, -0.1) is 0 Å². The summed E-state index contributed by atoms with van der Waals surface area (Å²) >= 11 is 0. The van der Waals surface area contributed by atoms with Crippen LogP contribution in [0.5, 0.6) is 5.75 Å². The summed E-state index contributed by atoms with van der Waals surface area (Å²) in [5, 5.41) is 2.93. The lowest BCUT2D eigenvalue weighted by molar-refractivity contribution is 0.0936. The van der Waals surface area contributed by atoms with Crippen LogP contribution in [0.25, 0.3) is 0 Å². The van der Waals surface area contributed by atoms with E-state index < -0.39 is 15.9 Å². The third-order valence-electron chi connectivity index (χ3n) is 5.63. The molecule has 2 N–H and O–H groups in total. The molecule has 0 spiro atoms. The fraction of sp³-hybridized carbons (Fsp3) is 0.208. The Bertz CT molecular complexity index is 1290. The molecule has 0 aliphatic heterocycles. The summed E-state index contributed by atoms with van der Waals surface area (Å²) in [5.41, 5.74) is 2.56. The van der Waals surface area contributed by atoms with Crippen molar-refractivity contribution >= 4 is 21.6 Å². The zero-order valence-corrected chi connectivity index (χ0v) is 18.5. The molecular formula is C24H23FN2O4S. The van der Waals surface area contributed by atoms with Gasteiger partial charge in [-0.2, -0.15) is 0 Å². The van der Waals surface area contributed by atoms with Crippen molar-refractivity contribution < 1.29 is 22.3 Å². The minimum atomic E-state index is -3.96. The Labute approximate surface area is 186 Å². The van der Waals surface area contributed by atoms with Crippen LogP contribution < -0.4 is 14.8 Å². The topological polar surface area (TPSA) is 84.5 Å². The normalized spacial score (nSPS) is 15.2. The van der Waals surface area contributed by atoms with E-state index in [0.717, 1.165) is 5.56 Å². The van der Waals surface area contributed by atoms with Crippen molar-refractivity contribution in [3.63, 3.8) is 0 Å². The van der Waals surface area contributed by atoms with E-state index in [1.54, 1.807) is 49.4 Å². The van der Waals surface area contributed by atoms with Crippen LogP contribution >= 0.6 is 0 Å². The molecule has 0 saturated carbocycles. The highest BCUT2D eigenvalue weighted by atomic mass is 32.2. The average Bonchev–Trinajstić information content (AvgIpc) is 3.18. The molecule has 32 heavy (non-hydrogen) atoms. The average molecular weight is 455 g/mol. The van der Waals surface area contributed by atoms with Crippen molar-refractivity contribution in [1.29, 1.82) is 0 Å². The van der Waals surface area contributed by atoms with E-state index in [0.29, 0.717) is 35.4 Å². The van der Waals surface area contributed by atoms with Gasteiger partial charge in [0.2, 0.25) is 0 Å². The Morgan fingerprint density at radius 2 is 1.88 bits per heavy atom. The van der Waals surface area contributed by atoms with Crippen LogP contribution in [0.1, 0.15) is 39.5 Å². The van der Waals surface area contributed by atoms with Gasteiger partial charge >= 0.3 is 0 Å². The highest BCUT2D eigenvalue weighted by Crippen LogP contribution is 2.33. The second-order valence-corrected chi connectivity index (χ2v) is 9.34. The van der Waals surface area contributed by atoms with Gasteiger partial charge in [0.05, 0.1) is 23.7 Å². The number of carbonyl (C=O) groups excluding carboxylic acids is 1. The molecule has 1 amide bonds. The van der Waals surface area contributed by atoms with Crippen LogP contribution in [0.2, 0.25) is 0 Å². The molecule has 0 fully saturated rings. The van der Waals surface area contributed by atoms with Gasteiger partial charge in [-0.25, -0.2) is 12.8 Å². The first-order valence-corrected chi connectivity index (χ1v) is 11.6. The summed E-state index contributed by atoms with van der Waals surface area (Å²) < 4.78 is 47.6. The third-order valence-corrected chi connectivity index (χ3v) is 7.00. The number of hydrogen-bond donors (Lipinski definition) is 2. The number of nitrogens with one attached hydrogen (secondary N) is 2. The zero-order valence-electron chi connectivity index (χ0n) is 17.7. The molecule has 0 saturated heterocycles. The molecular weight excluding hydrogens is 431 g/mol. The number of rotatable bonds is 6. The maximum Gasteiger partial charge on any atom is 0.262 e. The number of hydrogen-bond acceptors (Lipinski definition) is 4. The number of sulfonamides is 1. The van der Waals surface area contributed by atoms with E-state index in [4.69, 9.17) is 4.74 Å². The number of ether oxygens (including phenoxy) is 1. The summed E-state index contributed by atoms with van der Waals surface area (Å²) in [4.78, 5) is 13.0. The van der Waals surface area contributed by atoms with Crippen LogP contribution in [-0.2, 0) is 16.4 Å². The fourth-order valence-electron chi connectivity index (χ4n) is 3.94. The van der Waals surface area contributed by atoms with Crippen LogP contribution in [-0.4, -0.2) is 21.4 Å². The van der Waals surface area contributed by atoms with Crippen molar-refractivity contribution in [2.75, 3.05) is 11.8 Å². The van der Waals surface area contributed by atoms with E-state index in [-0.39, 0.29) is 22.3 Å². The summed E-state index contributed by atoms with van der Waals surface area (Å²) in [6.07, 6.45) is 1.14. The molecule has 1 aliphatic carbocycles. The third kappa shape index (κ3) is 4.18. The number of aryl methyl sites for hydroxylation is 1. The molecule has 0 bridgehead atoms. The number of methoxy groups -OCH3 is 1. The molecule has 0 aromatic heterocycles. The Balaban J connectivity index is 1.59. The first kappa shape index (κ1) is 21.8. The Kier molecular flexibility index (Phi) is 5.88. The summed E-state index contributed by atoms with van der Waals surface area (Å²) in [7, 11) is -2.51. The van der Waals surface area contributed by atoms with Crippen LogP contribution in [0.3, 0.4) is 0 Å². The standard InChI is InChI=1S/C24H23FN2O4S/c1-15-10-11-16(32(29,30)27-22-8-3-4-9-23(22)31-2)14-19(15)24(28)26-21-13-12-17-18(21)6-5-7-20(17)25/h3-11,14,21,27H,12-13H2,1-2H3,(H,26,28)/t21-/m0/s1. The minimum Gasteiger partial charge on any atom is -0.495 e. The van der Waals surface area contributed by atoms with Crippen molar-refractivity contribution in [3.05, 3.63) is 88.7 Å². The smallest absolute Gasteiger partial charge is 0.262 e. The number of benzene rings is 3. The van der Waals surface area contributed by atoms with Gasteiger partial charge in [0.1, 0.15) is 11.6 Å². The van der Waals surface area contributed by atoms with E-state index in [9.17, 15) is 17.6 Å². The summed E-state index contributed by atoms with van der Waals surface area (Å²) in [6.45, 7) is 1.74. The van der Waals surface area contributed by atoms with E-state index >= 15 is 0 Å². The lowest BCUT2D eigenvalue weighted by Gasteiger charge is -2.16. The summed E-state index contributed by atoms with van der Waals surface area (Å²) in [6, 6.07) is 15.6. The predicted molar refractivity (Wildman–Crippen MR) is 120 cm³/mol. The molecule has 4 rings (SSSR count). The molecule has 3 aromatic carbocycles. The molecule has 8 heteroatoms. The van der Waals surface area contributed by atoms with Crippen molar-refractivity contribution in [3.8, 4) is 5.75 Å². The quantitative estimate of drug-likeness (QED) is 0.580. The SMILES string of the molecule is COc1ccccc1NS(=O)(=O)c1ccc(C)c(C(=O)N[C@H]2CCc3c(F)cccc32)c1. The molecule has 0 radical (unpaired) electrons. The number of anilines is 1. The van der Waals surface area contributed by atoms with Crippen LogP contribution in [0.15, 0.2) is 65.6 Å². The van der Waals surface area contributed by atoms with Crippen LogP contribution in [0, 0.1) is 12.7 Å². The van der Waals surface area contributed by atoms with Crippen molar-refractivity contribution in [1.82, 2.24) is 5.32 Å². The number of fused-ring (bicyclic) bond motifs is 1. The second-order valence-electron chi connectivity index (χ2n) is 7.65. The van der Waals surface area contributed by atoms with Gasteiger partial charge in [0.15, 0.2) is 0 Å². The van der Waals surface area contributed by atoms with Gasteiger partial charge < -0.3 is 10.1 Å². The van der Waals surface area contributed by atoms with Gasteiger partial charge in [-0.05, 0) is 66.8 Å².